The lowest BCUT2D eigenvalue weighted by Gasteiger charge is -2.19. The molecule has 1 amide bonds. The van der Waals surface area contributed by atoms with Crippen molar-refractivity contribution in [3.8, 4) is 0 Å². The molecule has 1 heterocycles. The lowest BCUT2D eigenvalue weighted by atomic mass is 10.2. The molecule has 1 aromatic carbocycles. The van der Waals surface area contributed by atoms with Crippen LogP contribution < -0.4 is 10.6 Å². The molecule has 25 heavy (non-hydrogen) atoms. The van der Waals surface area contributed by atoms with E-state index in [-0.39, 0.29) is 0 Å². The zero-order valence-corrected chi connectivity index (χ0v) is 16.0. The summed E-state index contributed by atoms with van der Waals surface area (Å²) in [5.41, 5.74) is 1.34. The summed E-state index contributed by atoms with van der Waals surface area (Å²) < 4.78 is 11.0. The minimum atomic E-state index is -0.504. The van der Waals surface area contributed by atoms with Crippen LogP contribution in [0.3, 0.4) is 0 Å². The number of amides is 1. The van der Waals surface area contributed by atoms with Gasteiger partial charge in [0.15, 0.2) is 0 Å². The molecule has 0 saturated heterocycles. The largest absolute Gasteiger partial charge is 0.464 e. The molecule has 0 fully saturated rings. The van der Waals surface area contributed by atoms with Crippen LogP contribution in [0.1, 0.15) is 37.9 Å². The summed E-state index contributed by atoms with van der Waals surface area (Å²) in [7, 11) is 0. The minimum absolute atomic E-state index is 0.447. The Morgan fingerprint density at radius 3 is 2.40 bits per heavy atom. The Bertz CT molecular complexity index is 675. The van der Waals surface area contributed by atoms with E-state index < -0.39 is 11.7 Å². The van der Waals surface area contributed by atoms with Crippen LogP contribution in [0.2, 0.25) is 0 Å². The molecular weight excluding hydrogens is 336 g/mol. The summed E-state index contributed by atoms with van der Waals surface area (Å²) >= 11 is 1.74. The zero-order chi connectivity index (χ0) is 18.3. The number of anilines is 1. The van der Waals surface area contributed by atoms with E-state index in [2.05, 4.69) is 16.9 Å². The fourth-order valence-corrected chi connectivity index (χ4v) is 2.63. The van der Waals surface area contributed by atoms with E-state index in [1.165, 1.54) is 0 Å². The van der Waals surface area contributed by atoms with Gasteiger partial charge in [-0.25, -0.2) is 4.79 Å². The van der Waals surface area contributed by atoms with E-state index in [1.54, 1.807) is 11.8 Å². The van der Waals surface area contributed by atoms with Gasteiger partial charge in [0, 0.05) is 12.2 Å². The van der Waals surface area contributed by atoms with E-state index in [4.69, 9.17) is 9.15 Å². The molecule has 0 spiro atoms. The average Bonchev–Trinajstić information content (AvgIpc) is 2.95. The summed E-state index contributed by atoms with van der Waals surface area (Å²) in [6.07, 6.45) is 1.61. The topological polar surface area (TPSA) is 63.5 Å². The first-order valence-electron chi connectivity index (χ1n) is 8.22. The smallest absolute Gasteiger partial charge is 0.412 e. The molecule has 0 aliphatic heterocycles. The third kappa shape index (κ3) is 7.23. The Hall–Kier alpha value is -1.92. The summed E-state index contributed by atoms with van der Waals surface area (Å²) in [6, 6.07) is 11.7. The van der Waals surface area contributed by atoms with Crippen LogP contribution in [0.15, 0.2) is 40.8 Å². The summed E-state index contributed by atoms with van der Waals surface area (Å²) in [4.78, 5) is 11.7. The molecule has 0 bridgehead atoms. The highest BCUT2D eigenvalue weighted by molar-refractivity contribution is 7.97. The second-order valence-electron chi connectivity index (χ2n) is 6.73. The van der Waals surface area contributed by atoms with Gasteiger partial charge in [-0.2, -0.15) is 11.8 Å². The van der Waals surface area contributed by atoms with Crippen molar-refractivity contribution in [3.05, 3.63) is 53.5 Å². The van der Waals surface area contributed by atoms with Gasteiger partial charge in [-0.15, -0.1) is 0 Å². The third-order valence-corrected chi connectivity index (χ3v) is 3.80. The fraction of sp³-hybridized carbons (Fsp3) is 0.421. The number of furan rings is 1. The third-order valence-electron chi connectivity index (χ3n) is 3.23. The van der Waals surface area contributed by atoms with Gasteiger partial charge >= 0.3 is 6.09 Å². The van der Waals surface area contributed by atoms with Crippen LogP contribution in [0.25, 0.3) is 0 Å². The van der Waals surface area contributed by atoms with E-state index >= 15 is 0 Å². The van der Waals surface area contributed by atoms with Crippen LogP contribution in [-0.2, 0) is 23.6 Å². The van der Waals surface area contributed by atoms with E-state index in [0.29, 0.717) is 12.2 Å². The molecule has 1 aromatic heterocycles. The second kappa shape index (κ2) is 8.97. The van der Waals surface area contributed by atoms with Crippen molar-refractivity contribution in [2.45, 2.75) is 45.2 Å². The number of rotatable bonds is 7. The van der Waals surface area contributed by atoms with Gasteiger partial charge in [-0.1, -0.05) is 12.1 Å². The van der Waals surface area contributed by atoms with Gasteiger partial charge in [0.05, 0.1) is 12.3 Å². The average molecular weight is 362 g/mol. The van der Waals surface area contributed by atoms with Crippen molar-refractivity contribution in [2.24, 2.45) is 0 Å². The highest BCUT2D eigenvalue weighted by atomic mass is 32.2. The Morgan fingerprint density at radius 1 is 1.08 bits per heavy atom. The highest BCUT2D eigenvalue weighted by Crippen LogP contribution is 2.15. The number of hydrogen-bond acceptors (Lipinski definition) is 5. The van der Waals surface area contributed by atoms with Crippen molar-refractivity contribution in [2.75, 3.05) is 11.6 Å². The number of carbonyl (C=O) groups excluding carboxylic acids is 1. The first-order valence-corrected chi connectivity index (χ1v) is 9.61. The van der Waals surface area contributed by atoms with Gasteiger partial charge in [0.2, 0.25) is 0 Å². The van der Waals surface area contributed by atoms with Gasteiger partial charge in [-0.05, 0) is 56.9 Å². The molecule has 6 heteroatoms. The molecule has 0 radical (unpaired) electrons. The van der Waals surface area contributed by atoms with Gasteiger partial charge < -0.3 is 14.5 Å². The molecule has 2 aromatic rings. The van der Waals surface area contributed by atoms with Crippen LogP contribution >= 0.6 is 11.8 Å². The minimum Gasteiger partial charge on any atom is -0.464 e. The maximum absolute atomic E-state index is 11.7. The SMILES string of the molecule is CSCc1ccc(CNCc2ccc(NC(=O)OC(C)(C)C)cc2)o1. The lowest BCUT2D eigenvalue weighted by Crippen LogP contribution is -2.27. The number of carbonyl (C=O) groups is 1. The molecule has 136 valence electrons. The van der Waals surface area contributed by atoms with E-state index in [0.717, 1.165) is 29.4 Å². The highest BCUT2D eigenvalue weighted by Gasteiger charge is 2.16. The maximum atomic E-state index is 11.7. The molecule has 0 atom stereocenters. The summed E-state index contributed by atoms with van der Waals surface area (Å²) in [5.74, 6) is 2.83. The monoisotopic (exact) mass is 362 g/mol. The quantitative estimate of drug-likeness (QED) is 0.742. The molecule has 0 aliphatic carbocycles. The van der Waals surface area contributed by atoms with Crippen LogP contribution in [-0.4, -0.2) is 18.0 Å². The number of nitrogens with one attached hydrogen (secondary N) is 2. The molecule has 2 N–H and O–H groups in total. The number of thioether (sulfide) groups is 1. The predicted molar refractivity (Wildman–Crippen MR) is 103 cm³/mol. The zero-order valence-electron chi connectivity index (χ0n) is 15.2. The van der Waals surface area contributed by atoms with Gasteiger partial charge in [-0.3, -0.25) is 5.32 Å². The number of hydrogen-bond donors (Lipinski definition) is 2. The number of ether oxygens (including phenoxy) is 1. The van der Waals surface area contributed by atoms with Crippen molar-refractivity contribution in [1.29, 1.82) is 0 Å². The van der Waals surface area contributed by atoms with Crippen molar-refractivity contribution >= 4 is 23.5 Å². The van der Waals surface area contributed by atoms with Crippen LogP contribution in [0.4, 0.5) is 10.5 Å². The van der Waals surface area contributed by atoms with Crippen molar-refractivity contribution in [3.63, 3.8) is 0 Å². The molecule has 0 aliphatic rings. The van der Waals surface area contributed by atoms with Crippen molar-refractivity contribution < 1.29 is 13.9 Å². The van der Waals surface area contributed by atoms with Gasteiger partial charge in [0.1, 0.15) is 17.1 Å². The Kier molecular flexibility index (Phi) is 6.96. The normalized spacial score (nSPS) is 11.4. The first-order chi connectivity index (χ1) is 11.9. The lowest BCUT2D eigenvalue weighted by molar-refractivity contribution is 0.0636. The fourth-order valence-electron chi connectivity index (χ4n) is 2.19. The van der Waals surface area contributed by atoms with Crippen LogP contribution in [0.5, 0.6) is 0 Å². The second-order valence-corrected chi connectivity index (χ2v) is 7.59. The maximum Gasteiger partial charge on any atom is 0.412 e. The number of benzene rings is 1. The van der Waals surface area contributed by atoms with Gasteiger partial charge in [0.25, 0.3) is 0 Å². The first kappa shape index (κ1) is 19.4. The standard InChI is InChI=1S/C19H26N2O3S/c1-19(2,3)24-18(22)21-15-7-5-14(6-8-15)11-20-12-16-9-10-17(23-16)13-25-4/h5-10,20H,11-13H2,1-4H3,(H,21,22). The Morgan fingerprint density at radius 2 is 1.76 bits per heavy atom. The molecular formula is C19H26N2O3S. The summed E-state index contributed by atoms with van der Waals surface area (Å²) in [6.45, 7) is 6.93. The molecule has 0 saturated carbocycles. The van der Waals surface area contributed by atoms with Crippen molar-refractivity contribution in [1.82, 2.24) is 5.32 Å². The predicted octanol–water partition coefficient (Wildman–Crippen LogP) is 4.78. The molecule has 2 rings (SSSR count). The molecule has 5 nitrogen and oxygen atoms in total. The Balaban J connectivity index is 1.77. The van der Waals surface area contributed by atoms with E-state index in [9.17, 15) is 4.79 Å². The van der Waals surface area contributed by atoms with Crippen LogP contribution in [0, 0.1) is 0 Å². The Labute approximate surface area is 153 Å². The molecule has 0 unspecified atom stereocenters. The summed E-state index contributed by atoms with van der Waals surface area (Å²) in [5, 5.41) is 6.08. The van der Waals surface area contributed by atoms with E-state index in [1.807, 2.05) is 57.2 Å².